The Morgan fingerprint density at radius 3 is 1.71 bits per heavy atom. The normalized spacial score (nSPS) is 11.6. The number of para-hydroxylation sites is 1. The largest absolute Gasteiger partial charge is 0.456 e. The number of oxazole rings is 1. The third kappa shape index (κ3) is 5.34. The molecule has 4 nitrogen and oxygen atoms in total. The van der Waals surface area contributed by atoms with Crippen molar-refractivity contribution in [2.24, 2.45) is 0 Å². The second-order valence-electron chi connectivity index (χ2n) is 14.0. The first-order chi connectivity index (χ1) is 27.2. The number of aromatic nitrogens is 1. The van der Waals surface area contributed by atoms with E-state index in [0.717, 1.165) is 66.8 Å². The van der Waals surface area contributed by atoms with E-state index >= 15 is 0 Å². The molecule has 258 valence electrons. The molecule has 0 N–H and O–H groups in total. The highest BCUT2D eigenvalue weighted by Crippen LogP contribution is 2.40. The van der Waals surface area contributed by atoms with Crippen LogP contribution in [0.3, 0.4) is 0 Å². The number of anilines is 3. The highest BCUT2D eigenvalue weighted by molar-refractivity contribution is 6.14. The van der Waals surface area contributed by atoms with Crippen LogP contribution in [0.4, 0.5) is 17.1 Å². The maximum absolute atomic E-state index is 6.30. The number of hydrogen-bond donors (Lipinski definition) is 0. The number of furan rings is 1. The Labute approximate surface area is 317 Å². The van der Waals surface area contributed by atoms with E-state index in [-0.39, 0.29) is 0 Å². The van der Waals surface area contributed by atoms with Crippen molar-refractivity contribution in [1.29, 1.82) is 0 Å². The predicted octanol–water partition coefficient (Wildman–Crippen LogP) is 14.5. The number of fused-ring (bicyclic) bond motifs is 7. The van der Waals surface area contributed by atoms with Crippen molar-refractivity contribution >= 4 is 71.6 Å². The number of hydrogen-bond acceptors (Lipinski definition) is 4. The topological polar surface area (TPSA) is 42.4 Å². The summed E-state index contributed by atoms with van der Waals surface area (Å²) in [5, 5.41) is 7.11. The Hall–Kier alpha value is -7.43. The molecule has 0 atom stereocenters. The van der Waals surface area contributed by atoms with Crippen LogP contribution in [0.1, 0.15) is 0 Å². The molecule has 11 aromatic rings. The Morgan fingerprint density at radius 2 is 0.945 bits per heavy atom. The lowest BCUT2D eigenvalue weighted by atomic mass is 9.93. The minimum absolute atomic E-state index is 0.604. The summed E-state index contributed by atoms with van der Waals surface area (Å²) in [4.78, 5) is 7.05. The molecule has 0 spiro atoms. The zero-order valence-corrected chi connectivity index (χ0v) is 29.7. The maximum atomic E-state index is 6.30. The van der Waals surface area contributed by atoms with E-state index in [4.69, 9.17) is 13.8 Å². The Balaban J connectivity index is 0.945. The Bertz CT molecular complexity index is 3180. The number of nitrogens with zero attached hydrogens (tertiary/aromatic N) is 2. The van der Waals surface area contributed by atoms with E-state index in [1.54, 1.807) is 0 Å². The fourth-order valence-corrected chi connectivity index (χ4v) is 7.99. The van der Waals surface area contributed by atoms with Crippen LogP contribution in [-0.2, 0) is 0 Å². The van der Waals surface area contributed by atoms with Crippen LogP contribution < -0.4 is 4.90 Å². The van der Waals surface area contributed by atoms with Gasteiger partial charge in [-0.3, -0.25) is 0 Å². The molecule has 0 saturated carbocycles. The molecule has 0 bridgehead atoms. The smallest absolute Gasteiger partial charge is 0.227 e. The van der Waals surface area contributed by atoms with Gasteiger partial charge in [-0.05, 0) is 117 Å². The molecule has 0 radical (unpaired) electrons. The van der Waals surface area contributed by atoms with Crippen LogP contribution in [0.2, 0.25) is 0 Å². The average molecular weight is 705 g/mol. The zero-order chi connectivity index (χ0) is 36.3. The van der Waals surface area contributed by atoms with Crippen LogP contribution in [0.25, 0.3) is 88.3 Å². The molecule has 2 aromatic heterocycles. The average Bonchev–Trinajstić information content (AvgIpc) is 3.84. The lowest BCUT2D eigenvalue weighted by Gasteiger charge is -2.26. The second-order valence-corrected chi connectivity index (χ2v) is 14.0. The van der Waals surface area contributed by atoms with Crippen molar-refractivity contribution in [2.75, 3.05) is 4.90 Å². The van der Waals surface area contributed by atoms with Gasteiger partial charge in [0.2, 0.25) is 5.89 Å². The standard InChI is InChI=1S/C51H32N2O2/c1-3-11-35(12-4-1)51-52-47-32-49-46(31-50(47)55-51)45-29-36(23-28-48(45)54-49)33-19-24-39(25-20-33)53(38-14-5-2-6-15-38)40-26-21-34(22-27-40)44-30-37-13-7-8-16-41(37)42-17-9-10-18-43(42)44/h1-32H. The van der Waals surface area contributed by atoms with E-state index in [2.05, 4.69) is 157 Å². The van der Waals surface area contributed by atoms with Crippen molar-refractivity contribution in [2.45, 2.75) is 0 Å². The Kier molecular flexibility index (Phi) is 7.14. The minimum atomic E-state index is 0.604. The molecule has 11 rings (SSSR count). The van der Waals surface area contributed by atoms with Gasteiger partial charge in [0, 0.05) is 39.5 Å². The lowest BCUT2D eigenvalue weighted by molar-refractivity contribution is 0.620. The fourth-order valence-electron chi connectivity index (χ4n) is 7.99. The molecule has 55 heavy (non-hydrogen) atoms. The second kappa shape index (κ2) is 12.6. The van der Waals surface area contributed by atoms with Gasteiger partial charge < -0.3 is 13.7 Å². The van der Waals surface area contributed by atoms with Crippen LogP contribution in [-0.4, -0.2) is 4.98 Å². The maximum Gasteiger partial charge on any atom is 0.227 e. The van der Waals surface area contributed by atoms with Crippen LogP contribution in [0, 0.1) is 0 Å². The summed E-state index contributed by atoms with van der Waals surface area (Å²) in [6, 6.07) is 68.4. The molecule has 0 aliphatic carbocycles. The quantitative estimate of drug-likeness (QED) is 0.162. The first-order valence-corrected chi connectivity index (χ1v) is 18.5. The van der Waals surface area contributed by atoms with Gasteiger partial charge in [-0.2, -0.15) is 0 Å². The summed E-state index contributed by atoms with van der Waals surface area (Å²) in [6.45, 7) is 0. The van der Waals surface area contributed by atoms with Gasteiger partial charge in [-0.25, -0.2) is 4.98 Å². The molecule has 0 aliphatic rings. The molecule has 4 heteroatoms. The van der Waals surface area contributed by atoms with Gasteiger partial charge in [-0.1, -0.05) is 115 Å². The predicted molar refractivity (Wildman–Crippen MR) is 227 cm³/mol. The molecule has 9 aromatic carbocycles. The molecular weight excluding hydrogens is 673 g/mol. The van der Waals surface area contributed by atoms with Crippen molar-refractivity contribution in [1.82, 2.24) is 4.98 Å². The van der Waals surface area contributed by atoms with Gasteiger partial charge in [0.25, 0.3) is 0 Å². The first kappa shape index (κ1) is 31.1. The minimum Gasteiger partial charge on any atom is -0.456 e. The van der Waals surface area contributed by atoms with E-state index in [1.807, 2.05) is 42.5 Å². The van der Waals surface area contributed by atoms with Crippen molar-refractivity contribution in [3.63, 3.8) is 0 Å². The summed E-state index contributed by atoms with van der Waals surface area (Å²) in [5.74, 6) is 0.604. The number of rotatable bonds is 6. The summed E-state index contributed by atoms with van der Waals surface area (Å²) in [5.41, 5.74) is 12.0. The summed E-state index contributed by atoms with van der Waals surface area (Å²) >= 11 is 0. The molecule has 0 saturated heterocycles. The molecular formula is C51H32N2O2. The van der Waals surface area contributed by atoms with Crippen molar-refractivity contribution < 1.29 is 8.83 Å². The van der Waals surface area contributed by atoms with Gasteiger partial charge in [0.1, 0.15) is 16.7 Å². The van der Waals surface area contributed by atoms with Crippen molar-refractivity contribution in [3.8, 4) is 33.7 Å². The summed E-state index contributed by atoms with van der Waals surface area (Å²) in [6.07, 6.45) is 0. The molecule has 0 amide bonds. The monoisotopic (exact) mass is 704 g/mol. The van der Waals surface area contributed by atoms with Gasteiger partial charge in [0.15, 0.2) is 5.58 Å². The SMILES string of the molecule is c1ccc(-c2nc3cc4oc5ccc(-c6ccc(N(c7ccccc7)c7ccc(-c8cc9ccccc9c9ccccc89)cc7)cc6)cc5c4cc3o2)cc1. The van der Waals surface area contributed by atoms with Crippen LogP contribution >= 0.6 is 0 Å². The molecule has 0 fully saturated rings. The van der Waals surface area contributed by atoms with E-state index in [0.29, 0.717) is 5.89 Å². The molecule has 0 unspecified atom stereocenters. The van der Waals surface area contributed by atoms with E-state index < -0.39 is 0 Å². The highest BCUT2D eigenvalue weighted by atomic mass is 16.4. The van der Waals surface area contributed by atoms with Gasteiger partial charge in [-0.15, -0.1) is 0 Å². The first-order valence-electron chi connectivity index (χ1n) is 18.5. The zero-order valence-electron chi connectivity index (χ0n) is 29.7. The Morgan fingerprint density at radius 1 is 0.345 bits per heavy atom. The van der Waals surface area contributed by atoms with Crippen molar-refractivity contribution in [3.05, 3.63) is 194 Å². The third-order valence-corrected chi connectivity index (χ3v) is 10.7. The van der Waals surface area contributed by atoms with Crippen LogP contribution in [0.15, 0.2) is 203 Å². The van der Waals surface area contributed by atoms with Crippen LogP contribution in [0.5, 0.6) is 0 Å². The number of benzene rings is 9. The molecule has 2 heterocycles. The summed E-state index contributed by atoms with van der Waals surface area (Å²) in [7, 11) is 0. The van der Waals surface area contributed by atoms with E-state index in [1.165, 1.54) is 32.7 Å². The summed E-state index contributed by atoms with van der Waals surface area (Å²) < 4.78 is 12.5. The van der Waals surface area contributed by atoms with Gasteiger partial charge >= 0.3 is 0 Å². The third-order valence-electron chi connectivity index (χ3n) is 10.7. The lowest BCUT2D eigenvalue weighted by Crippen LogP contribution is -2.09. The molecule has 0 aliphatic heterocycles. The van der Waals surface area contributed by atoms with Gasteiger partial charge in [0.05, 0.1) is 0 Å². The van der Waals surface area contributed by atoms with E-state index in [9.17, 15) is 0 Å². The fraction of sp³-hybridized carbons (Fsp3) is 0. The highest BCUT2D eigenvalue weighted by Gasteiger charge is 2.17.